The van der Waals surface area contributed by atoms with E-state index in [1.54, 1.807) is 13.1 Å². The Labute approximate surface area is 114 Å². The first-order valence-electron chi connectivity index (χ1n) is 6.28. The minimum absolute atomic E-state index is 0.106. The minimum Gasteiger partial charge on any atom is -0.360 e. The van der Waals surface area contributed by atoms with E-state index < -0.39 is 17.9 Å². The highest BCUT2D eigenvalue weighted by atomic mass is 16.2. The molecule has 6 heteroatoms. The van der Waals surface area contributed by atoms with Gasteiger partial charge in [0, 0.05) is 17.1 Å². The predicted octanol–water partition coefficient (Wildman–Crippen LogP) is 0.655. The number of fused-ring (bicyclic) bond motifs is 1. The fraction of sp³-hybridized carbons (Fsp3) is 0.214. The maximum Gasteiger partial charge on any atom is 0.257 e. The van der Waals surface area contributed by atoms with Crippen LogP contribution in [-0.2, 0) is 9.59 Å². The first-order valence-corrected chi connectivity index (χ1v) is 6.28. The van der Waals surface area contributed by atoms with E-state index in [2.05, 4.69) is 10.3 Å². The molecule has 2 N–H and O–H groups in total. The summed E-state index contributed by atoms with van der Waals surface area (Å²) in [7, 11) is 0. The number of piperazine rings is 1. The first kappa shape index (κ1) is 12.4. The molecule has 1 saturated heterocycles. The standard InChI is InChI=1S/C14H13N3O3/c1-8-13(19)16-12(18)7-17(8)14(20)10-6-15-11-5-3-2-4-9(10)11/h2-6,8,15H,7H2,1H3,(H,16,18,19). The van der Waals surface area contributed by atoms with Crippen molar-refractivity contribution in [3.8, 4) is 0 Å². The average Bonchev–Trinajstić information content (AvgIpc) is 2.86. The van der Waals surface area contributed by atoms with Crippen LogP contribution < -0.4 is 5.32 Å². The average molecular weight is 271 g/mol. The molecule has 0 spiro atoms. The van der Waals surface area contributed by atoms with E-state index in [9.17, 15) is 14.4 Å². The SMILES string of the molecule is CC1C(=O)NC(=O)CN1C(=O)c1c[nH]c2ccccc12. The third-order valence-corrected chi connectivity index (χ3v) is 3.50. The Morgan fingerprint density at radius 3 is 2.85 bits per heavy atom. The van der Waals surface area contributed by atoms with E-state index in [0.717, 1.165) is 10.9 Å². The second-order valence-electron chi connectivity index (χ2n) is 4.77. The van der Waals surface area contributed by atoms with Crippen LogP contribution in [0.4, 0.5) is 0 Å². The van der Waals surface area contributed by atoms with Crippen LogP contribution in [0.25, 0.3) is 10.9 Å². The molecule has 1 aromatic carbocycles. The zero-order chi connectivity index (χ0) is 14.3. The fourth-order valence-corrected chi connectivity index (χ4v) is 2.37. The third kappa shape index (κ3) is 1.85. The second kappa shape index (κ2) is 4.48. The Morgan fingerprint density at radius 2 is 2.05 bits per heavy atom. The van der Waals surface area contributed by atoms with Crippen LogP contribution in [0.15, 0.2) is 30.5 Å². The van der Waals surface area contributed by atoms with Crippen LogP contribution in [0.1, 0.15) is 17.3 Å². The molecule has 2 aromatic rings. The first-order chi connectivity index (χ1) is 9.58. The van der Waals surface area contributed by atoms with Gasteiger partial charge in [-0.3, -0.25) is 19.7 Å². The molecule has 3 amide bonds. The molecule has 6 nitrogen and oxygen atoms in total. The number of nitrogens with zero attached hydrogens (tertiary/aromatic N) is 1. The number of imide groups is 1. The van der Waals surface area contributed by atoms with Gasteiger partial charge in [-0.2, -0.15) is 0 Å². The van der Waals surface area contributed by atoms with Crippen LogP contribution in [0.5, 0.6) is 0 Å². The van der Waals surface area contributed by atoms with Gasteiger partial charge in [0.15, 0.2) is 0 Å². The van der Waals surface area contributed by atoms with Gasteiger partial charge < -0.3 is 9.88 Å². The molecule has 1 unspecified atom stereocenters. The molecule has 0 aliphatic carbocycles. The van der Waals surface area contributed by atoms with Crippen molar-refractivity contribution in [2.45, 2.75) is 13.0 Å². The number of aromatic amines is 1. The lowest BCUT2D eigenvalue weighted by Gasteiger charge is -2.31. The summed E-state index contributed by atoms with van der Waals surface area (Å²) in [5.41, 5.74) is 1.31. The number of para-hydroxylation sites is 1. The van der Waals surface area contributed by atoms with Crippen molar-refractivity contribution in [1.29, 1.82) is 0 Å². The van der Waals surface area contributed by atoms with E-state index >= 15 is 0 Å². The van der Waals surface area contributed by atoms with E-state index in [-0.39, 0.29) is 12.5 Å². The smallest absolute Gasteiger partial charge is 0.257 e. The Kier molecular flexibility index (Phi) is 2.78. The quantitative estimate of drug-likeness (QED) is 0.747. The van der Waals surface area contributed by atoms with E-state index in [4.69, 9.17) is 0 Å². The summed E-state index contributed by atoms with van der Waals surface area (Å²) in [5.74, 6) is -1.23. The Balaban J connectivity index is 1.99. The molecule has 0 bridgehead atoms. The number of aromatic nitrogens is 1. The van der Waals surface area contributed by atoms with Gasteiger partial charge in [-0.05, 0) is 13.0 Å². The Bertz CT molecular complexity index is 719. The van der Waals surface area contributed by atoms with Gasteiger partial charge in [0.2, 0.25) is 11.8 Å². The number of carbonyl (C=O) groups excluding carboxylic acids is 3. The highest BCUT2D eigenvalue weighted by Crippen LogP contribution is 2.21. The molecule has 1 fully saturated rings. The molecule has 0 saturated carbocycles. The van der Waals surface area contributed by atoms with Crippen LogP contribution in [0.3, 0.4) is 0 Å². The number of rotatable bonds is 1. The normalized spacial score (nSPS) is 19.2. The number of benzene rings is 1. The van der Waals surface area contributed by atoms with Crippen molar-refractivity contribution in [1.82, 2.24) is 15.2 Å². The van der Waals surface area contributed by atoms with Crippen molar-refractivity contribution in [3.05, 3.63) is 36.0 Å². The predicted molar refractivity (Wildman–Crippen MR) is 71.9 cm³/mol. The molecular formula is C14H13N3O3. The molecule has 20 heavy (non-hydrogen) atoms. The zero-order valence-electron chi connectivity index (χ0n) is 10.8. The molecule has 1 atom stereocenters. The summed E-state index contributed by atoms with van der Waals surface area (Å²) in [4.78, 5) is 39.9. The van der Waals surface area contributed by atoms with Crippen molar-refractivity contribution >= 4 is 28.6 Å². The van der Waals surface area contributed by atoms with Crippen LogP contribution in [-0.4, -0.2) is 40.2 Å². The Hall–Kier alpha value is -2.63. The van der Waals surface area contributed by atoms with Crippen LogP contribution in [0, 0.1) is 0 Å². The number of amides is 3. The van der Waals surface area contributed by atoms with Crippen molar-refractivity contribution < 1.29 is 14.4 Å². The monoisotopic (exact) mass is 271 g/mol. The zero-order valence-corrected chi connectivity index (χ0v) is 10.8. The van der Waals surface area contributed by atoms with Crippen LogP contribution in [0.2, 0.25) is 0 Å². The number of hydrogen-bond donors (Lipinski definition) is 2. The molecule has 1 aliphatic heterocycles. The molecule has 0 radical (unpaired) electrons. The number of H-pyrrole nitrogens is 1. The topological polar surface area (TPSA) is 82.3 Å². The summed E-state index contributed by atoms with van der Waals surface area (Å²) in [6, 6.07) is 6.74. The maximum atomic E-state index is 12.6. The fourth-order valence-electron chi connectivity index (χ4n) is 2.37. The number of hydrogen-bond acceptors (Lipinski definition) is 3. The van der Waals surface area contributed by atoms with E-state index in [1.165, 1.54) is 4.90 Å². The molecule has 1 aromatic heterocycles. The summed E-state index contributed by atoms with van der Waals surface area (Å²) in [6.45, 7) is 1.50. The number of carbonyl (C=O) groups is 3. The largest absolute Gasteiger partial charge is 0.360 e. The number of nitrogens with one attached hydrogen (secondary N) is 2. The van der Waals surface area contributed by atoms with Crippen molar-refractivity contribution in [2.75, 3.05) is 6.54 Å². The van der Waals surface area contributed by atoms with Crippen LogP contribution >= 0.6 is 0 Å². The summed E-state index contributed by atoms with van der Waals surface area (Å²) >= 11 is 0. The van der Waals surface area contributed by atoms with Gasteiger partial charge in [0.25, 0.3) is 5.91 Å². The van der Waals surface area contributed by atoms with E-state index in [1.807, 2.05) is 24.3 Å². The molecule has 2 heterocycles. The van der Waals surface area contributed by atoms with Gasteiger partial charge in [0.05, 0.1) is 5.56 Å². The van der Waals surface area contributed by atoms with Gasteiger partial charge in [-0.1, -0.05) is 18.2 Å². The molecular weight excluding hydrogens is 258 g/mol. The van der Waals surface area contributed by atoms with Crippen molar-refractivity contribution in [3.63, 3.8) is 0 Å². The summed E-state index contributed by atoms with van der Waals surface area (Å²) in [6.07, 6.45) is 1.61. The van der Waals surface area contributed by atoms with Gasteiger partial charge in [-0.15, -0.1) is 0 Å². The molecule has 3 rings (SSSR count). The third-order valence-electron chi connectivity index (χ3n) is 3.50. The minimum atomic E-state index is -0.658. The lowest BCUT2D eigenvalue weighted by molar-refractivity contribution is -0.138. The van der Waals surface area contributed by atoms with Gasteiger partial charge >= 0.3 is 0 Å². The van der Waals surface area contributed by atoms with E-state index in [0.29, 0.717) is 5.56 Å². The molecule has 1 aliphatic rings. The highest BCUT2D eigenvalue weighted by molar-refractivity contribution is 6.11. The maximum absolute atomic E-state index is 12.6. The lowest BCUT2D eigenvalue weighted by atomic mass is 10.1. The Morgan fingerprint density at radius 1 is 1.30 bits per heavy atom. The summed E-state index contributed by atoms with van der Waals surface area (Å²) < 4.78 is 0. The second-order valence-corrected chi connectivity index (χ2v) is 4.77. The van der Waals surface area contributed by atoms with Crippen molar-refractivity contribution in [2.24, 2.45) is 0 Å². The molecule has 102 valence electrons. The lowest BCUT2D eigenvalue weighted by Crippen LogP contribution is -2.58. The summed E-state index contributed by atoms with van der Waals surface area (Å²) in [5, 5.41) is 3.00. The van der Waals surface area contributed by atoms with Gasteiger partial charge in [0.1, 0.15) is 12.6 Å². The highest BCUT2D eigenvalue weighted by Gasteiger charge is 2.34. The van der Waals surface area contributed by atoms with Gasteiger partial charge in [-0.25, -0.2) is 0 Å².